The number of aromatic nitrogens is 2. The summed E-state index contributed by atoms with van der Waals surface area (Å²) in [6, 6.07) is 5.96. The van der Waals surface area contributed by atoms with E-state index in [0.29, 0.717) is 5.52 Å². The van der Waals surface area contributed by atoms with E-state index in [9.17, 15) is 26.7 Å². The Morgan fingerprint density at radius 2 is 1.94 bits per heavy atom. The number of fused-ring (bicyclic) bond motifs is 1. The fourth-order valence-electron chi connectivity index (χ4n) is 2.99. The number of carboxylic acid groups (broad SMARTS) is 1. The fraction of sp³-hybridized carbons (Fsp3) is 0.350. The molecular formula is C20H18F5N3O3S. The quantitative estimate of drug-likeness (QED) is 0.572. The highest BCUT2D eigenvalue weighted by Crippen LogP contribution is 2.31. The first-order valence-electron chi connectivity index (χ1n) is 9.45. The van der Waals surface area contributed by atoms with E-state index < -0.39 is 24.1 Å². The maximum atomic E-state index is 14.1. The number of carboxylic acids is 1. The Labute approximate surface area is 182 Å². The second kappa shape index (κ2) is 9.23. The summed E-state index contributed by atoms with van der Waals surface area (Å²) in [5.41, 5.74) is 1.72. The maximum absolute atomic E-state index is 14.1. The van der Waals surface area contributed by atoms with Gasteiger partial charge in [-0.25, -0.2) is 13.6 Å². The second-order valence-corrected chi connectivity index (χ2v) is 8.18. The molecule has 0 saturated carbocycles. The molecule has 0 radical (unpaired) electrons. The van der Waals surface area contributed by atoms with Gasteiger partial charge in [0.25, 0.3) is 0 Å². The summed E-state index contributed by atoms with van der Waals surface area (Å²) in [7, 11) is 0. The van der Waals surface area contributed by atoms with E-state index >= 15 is 0 Å². The van der Waals surface area contributed by atoms with Gasteiger partial charge in [-0.1, -0.05) is 6.92 Å². The maximum Gasteiger partial charge on any atom is 0.490 e. The van der Waals surface area contributed by atoms with Crippen molar-refractivity contribution in [3.63, 3.8) is 0 Å². The lowest BCUT2D eigenvalue weighted by Crippen LogP contribution is -2.52. The number of aliphatic carboxylic acids is 1. The largest absolute Gasteiger partial charge is 0.490 e. The molecule has 4 heterocycles. The molecular weight excluding hydrogens is 457 g/mol. The van der Waals surface area contributed by atoms with Gasteiger partial charge in [-0.15, -0.1) is 11.3 Å². The van der Waals surface area contributed by atoms with Crippen LogP contribution in [0.1, 0.15) is 11.8 Å². The summed E-state index contributed by atoms with van der Waals surface area (Å²) in [4.78, 5) is 29.1. The predicted molar refractivity (Wildman–Crippen MR) is 108 cm³/mol. The Morgan fingerprint density at radius 3 is 2.47 bits per heavy atom. The minimum absolute atomic E-state index is 0.0110. The van der Waals surface area contributed by atoms with Crippen molar-refractivity contribution < 1.29 is 36.6 Å². The molecule has 1 aliphatic rings. The molecule has 0 unspecified atom stereocenters. The number of pyridine rings is 1. The van der Waals surface area contributed by atoms with Crippen molar-refractivity contribution in [2.24, 2.45) is 0 Å². The van der Waals surface area contributed by atoms with Crippen LogP contribution in [0.4, 0.5) is 22.0 Å². The van der Waals surface area contributed by atoms with Crippen LogP contribution < -0.4 is 0 Å². The summed E-state index contributed by atoms with van der Waals surface area (Å²) in [5, 5.41) is 7.12. The number of hydrogen-bond donors (Lipinski definition) is 1. The third kappa shape index (κ3) is 5.23. The lowest BCUT2D eigenvalue weighted by atomic mass is 10.2. The number of thiophene rings is 1. The van der Waals surface area contributed by atoms with Gasteiger partial charge < -0.3 is 14.6 Å². The van der Waals surface area contributed by atoms with E-state index in [4.69, 9.17) is 9.90 Å². The number of amides is 1. The number of likely N-dealkylation sites (tertiary alicyclic amines) is 1. The number of aryl methyl sites for hydroxylation is 1. The average molecular weight is 475 g/mol. The Balaban J connectivity index is 0.000000360. The monoisotopic (exact) mass is 475 g/mol. The molecule has 0 atom stereocenters. The molecule has 12 heteroatoms. The molecule has 3 aromatic rings. The van der Waals surface area contributed by atoms with Crippen molar-refractivity contribution in [2.75, 3.05) is 13.1 Å². The summed E-state index contributed by atoms with van der Waals surface area (Å²) in [5.74, 6) is -3.42. The Bertz CT molecular complexity index is 1140. The Hall–Kier alpha value is -3.02. The van der Waals surface area contributed by atoms with Crippen molar-refractivity contribution in [1.82, 2.24) is 14.5 Å². The molecule has 32 heavy (non-hydrogen) atoms. The van der Waals surface area contributed by atoms with Gasteiger partial charge in [0.05, 0.1) is 18.6 Å². The van der Waals surface area contributed by atoms with Crippen LogP contribution in [0.2, 0.25) is 0 Å². The second-order valence-electron chi connectivity index (χ2n) is 7.02. The number of rotatable bonds is 4. The first-order valence-corrected chi connectivity index (χ1v) is 10.3. The van der Waals surface area contributed by atoms with E-state index in [0.717, 1.165) is 16.9 Å². The van der Waals surface area contributed by atoms with Crippen LogP contribution in [-0.4, -0.2) is 56.9 Å². The lowest BCUT2D eigenvalue weighted by molar-refractivity contribution is -0.192. The molecule has 1 amide bonds. The van der Waals surface area contributed by atoms with E-state index in [-0.39, 0.29) is 31.1 Å². The van der Waals surface area contributed by atoms with Crippen molar-refractivity contribution in [2.45, 2.75) is 32.2 Å². The highest BCUT2D eigenvalue weighted by molar-refractivity contribution is 7.15. The average Bonchev–Trinajstić information content (AvgIpc) is 3.30. The number of carbonyl (C=O) groups is 2. The van der Waals surface area contributed by atoms with E-state index in [1.165, 1.54) is 16.0 Å². The Kier molecular flexibility index (Phi) is 6.82. The SMILES string of the molecule is CCc1ccc(-c2cnc3c(F)cn(CC(=O)N4CC(F)C4)c3c2)s1.O=C(O)C(F)(F)F. The van der Waals surface area contributed by atoms with Gasteiger partial charge in [-0.3, -0.25) is 9.78 Å². The summed E-state index contributed by atoms with van der Waals surface area (Å²) in [6.07, 6.45) is -2.11. The molecule has 4 rings (SSSR count). The van der Waals surface area contributed by atoms with Crippen LogP contribution in [0.3, 0.4) is 0 Å². The van der Waals surface area contributed by atoms with Crippen LogP contribution in [0.5, 0.6) is 0 Å². The van der Waals surface area contributed by atoms with Gasteiger partial charge in [0.1, 0.15) is 18.2 Å². The zero-order valence-electron chi connectivity index (χ0n) is 16.7. The molecule has 172 valence electrons. The molecule has 1 N–H and O–H groups in total. The molecule has 1 fully saturated rings. The number of carbonyl (C=O) groups excluding carboxylic acids is 1. The van der Waals surface area contributed by atoms with E-state index in [1.807, 2.05) is 12.1 Å². The topological polar surface area (TPSA) is 75.4 Å². The molecule has 1 aliphatic heterocycles. The molecule has 0 bridgehead atoms. The Morgan fingerprint density at radius 1 is 1.28 bits per heavy atom. The van der Waals surface area contributed by atoms with Gasteiger partial charge in [-0.2, -0.15) is 13.2 Å². The zero-order chi connectivity index (χ0) is 23.6. The normalized spacial score (nSPS) is 14.1. The minimum Gasteiger partial charge on any atom is -0.475 e. The van der Waals surface area contributed by atoms with Gasteiger partial charge in [0.2, 0.25) is 5.91 Å². The van der Waals surface area contributed by atoms with Crippen molar-refractivity contribution in [3.05, 3.63) is 41.3 Å². The predicted octanol–water partition coefficient (Wildman–Crippen LogP) is 4.28. The van der Waals surface area contributed by atoms with Gasteiger partial charge in [0.15, 0.2) is 5.82 Å². The van der Waals surface area contributed by atoms with Crippen LogP contribution in [0.25, 0.3) is 21.5 Å². The minimum atomic E-state index is -5.08. The fourth-order valence-corrected chi connectivity index (χ4v) is 3.91. The van der Waals surface area contributed by atoms with Crippen LogP contribution in [0, 0.1) is 5.82 Å². The molecule has 1 saturated heterocycles. The molecule has 0 aromatic carbocycles. The smallest absolute Gasteiger partial charge is 0.475 e. The summed E-state index contributed by atoms with van der Waals surface area (Å²) >= 11 is 1.68. The van der Waals surface area contributed by atoms with Gasteiger partial charge in [0, 0.05) is 27.7 Å². The van der Waals surface area contributed by atoms with E-state index in [2.05, 4.69) is 18.0 Å². The summed E-state index contributed by atoms with van der Waals surface area (Å²) in [6.45, 7) is 2.34. The third-order valence-electron chi connectivity index (χ3n) is 4.70. The zero-order valence-corrected chi connectivity index (χ0v) is 17.5. The number of halogens is 5. The van der Waals surface area contributed by atoms with Gasteiger partial charge in [-0.05, 0) is 24.6 Å². The first-order chi connectivity index (χ1) is 15.0. The van der Waals surface area contributed by atoms with Crippen LogP contribution >= 0.6 is 11.3 Å². The van der Waals surface area contributed by atoms with Crippen LogP contribution in [-0.2, 0) is 22.6 Å². The van der Waals surface area contributed by atoms with Crippen molar-refractivity contribution in [1.29, 1.82) is 0 Å². The number of nitrogens with zero attached hydrogens (tertiary/aromatic N) is 3. The standard InChI is InChI=1S/C18H17F2N3OS.C2HF3O2/c1-2-13-3-4-16(25-13)11-5-15-18(21-6-11)14(20)9-22(15)10-17(24)23-7-12(19)8-23;3-2(4,5)1(6)7/h3-6,9,12H,2,7-8,10H2,1H3;(H,6,7). The highest BCUT2D eigenvalue weighted by Gasteiger charge is 2.38. The van der Waals surface area contributed by atoms with Crippen LogP contribution in [0.15, 0.2) is 30.6 Å². The van der Waals surface area contributed by atoms with Crippen molar-refractivity contribution in [3.8, 4) is 10.4 Å². The first kappa shape index (κ1) is 23.6. The number of alkyl halides is 4. The molecule has 3 aromatic heterocycles. The molecule has 0 spiro atoms. The van der Waals surface area contributed by atoms with Crippen molar-refractivity contribution >= 4 is 34.2 Å². The lowest BCUT2D eigenvalue weighted by Gasteiger charge is -2.34. The molecule has 0 aliphatic carbocycles. The third-order valence-corrected chi connectivity index (χ3v) is 5.98. The highest BCUT2D eigenvalue weighted by atomic mass is 32.1. The van der Waals surface area contributed by atoms with Gasteiger partial charge >= 0.3 is 12.1 Å². The summed E-state index contributed by atoms with van der Waals surface area (Å²) < 4.78 is 60.4. The number of hydrogen-bond acceptors (Lipinski definition) is 4. The van der Waals surface area contributed by atoms with E-state index in [1.54, 1.807) is 22.1 Å². The molecule has 6 nitrogen and oxygen atoms in total.